The maximum Gasteiger partial charge on any atom is 0.279 e. The molecule has 0 aliphatic carbocycles. The third-order valence-electron chi connectivity index (χ3n) is 4.19. The van der Waals surface area contributed by atoms with Gasteiger partial charge in [-0.25, -0.2) is 0 Å². The van der Waals surface area contributed by atoms with Gasteiger partial charge in [0.25, 0.3) is 5.91 Å². The van der Waals surface area contributed by atoms with Crippen LogP contribution in [0.25, 0.3) is 0 Å². The molecular formula is C20H26ClN2O2+. The molecule has 2 aromatic carbocycles. The molecule has 1 unspecified atom stereocenters. The Hall–Kier alpha value is -2.04. The highest BCUT2D eigenvalue weighted by molar-refractivity contribution is 6.33. The molecule has 2 rings (SSSR count). The van der Waals surface area contributed by atoms with E-state index in [9.17, 15) is 9.90 Å². The van der Waals surface area contributed by atoms with E-state index < -0.39 is 0 Å². The number of amides is 1. The van der Waals surface area contributed by atoms with E-state index in [-0.39, 0.29) is 18.2 Å². The molecule has 2 aromatic rings. The van der Waals surface area contributed by atoms with Gasteiger partial charge in [0.05, 0.1) is 17.8 Å². The fourth-order valence-electron chi connectivity index (χ4n) is 2.94. The second-order valence-corrected chi connectivity index (χ2v) is 7.24. The van der Waals surface area contributed by atoms with Crippen molar-refractivity contribution in [1.29, 1.82) is 0 Å². The summed E-state index contributed by atoms with van der Waals surface area (Å²) in [4.78, 5) is 13.2. The van der Waals surface area contributed by atoms with Crippen LogP contribution in [0, 0.1) is 6.92 Å². The number of carbonyl (C=O) groups excluding carboxylic acids is 1. The molecular weight excluding hydrogens is 336 g/mol. The monoisotopic (exact) mass is 361 g/mol. The van der Waals surface area contributed by atoms with Crippen molar-refractivity contribution in [3.8, 4) is 5.75 Å². The number of anilines is 1. The first-order valence-corrected chi connectivity index (χ1v) is 8.83. The first kappa shape index (κ1) is 19.3. The maximum absolute atomic E-state index is 12.2. The van der Waals surface area contributed by atoms with Crippen molar-refractivity contribution in [2.24, 2.45) is 0 Å². The number of nitrogens with one attached hydrogen (secondary N) is 2. The number of aromatic hydroxyl groups is 1. The molecule has 1 atom stereocenters. The highest BCUT2D eigenvalue weighted by Gasteiger charge is 2.16. The molecule has 0 radical (unpaired) electrons. The SMILES string of the molecule is Cc1cc(O)c(C[NH+](C)CC(=O)Nc2ccccc2Cl)cc1C(C)C. The van der Waals surface area contributed by atoms with E-state index in [1.807, 2.05) is 38.2 Å². The number of carbonyl (C=O) groups is 1. The van der Waals surface area contributed by atoms with Crippen molar-refractivity contribution in [3.05, 3.63) is 58.1 Å². The van der Waals surface area contributed by atoms with Gasteiger partial charge in [-0.05, 0) is 48.2 Å². The van der Waals surface area contributed by atoms with Crippen molar-refractivity contribution in [2.45, 2.75) is 33.2 Å². The van der Waals surface area contributed by atoms with Crippen molar-refractivity contribution in [1.82, 2.24) is 0 Å². The Balaban J connectivity index is 2.02. The quantitative estimate of drug-likeness (QED) is 0.740. The van der Waals surface area contributed by atoms with E-state index >= 15 is 0 Å². The fraction of sp³-hybridized carbons (Fsp3) is 0.350. The Morgan fingerprint density at radius 2 is 1.96 bits per heavy atom. The Morgan fingerprint density at radius 1 is 1.28 bits per heavy atom. The minimum atomic E-state index is -0.110. The lowest BCUT2D eigenvalue weighted by atomic mass is 9.95. The van der Waals surface area contributed by atoms with E-state index in [1.54, 1.807) is 12.1 Å². The lowest BCUT2D eigenvalue weighted by Crippen LogP contribution is -3.08. The zero-order valence-electron chi connectivity index (χ0n) is 15.2. The third kappa shape index (κ3) is 5.21. The molecule has 5 heteroatoms. The number of quaternary nitrogens is 1. The van der Waals surface area contributed by atoms with Crippen LogP contribution in [0.4, 0.5) is 5.69 Å². The summed E-state index contributed by atoms with van der Waals surface area (Å²) in [5.74, 6) is 0.567. The Labute approximate surface area is 154 Å². The summed E-state index contributed by atoms with van der Waals surface area (Å²) in [6, 6.07) is 11.0. The van der Waals surface area contributed by atoms with Crippen molar-refractivity contribution in [2.75, 3.05) is 18.9 Å². The van der Waals surface area contributed by atoms with Crippen LogP contribution in [-0.2, 0) is 11.3 Å². The summed E-state index contributed by atoms with van der Waals surface area (Å²) in [5.41, 5.74) is 3.78. The number of aryl methyl sites for hydroxylation is 1. The topological polar surface area (TPSA) is 53.8 Å². The van der Waals surface area contributed by atoms with E-state index in [1.165, 1.54) is 5.56 Å². The van der Waals surface area contributed by atoms with Gasteiger partial charge in [-0.1, -0.05) is 37.6 Å². The van der Waals surface area contributed by atoms with Crippen LogP contribution in [0.5, 0.6) is 5.75 Å². The van der Waals surface area contributed by atoms with E-state index in [4.69, 9.17) is 11.6 Å². The molecule has 4 nitrogen and oxygen atoms in total. The number of hydrogen-bond acceptors (Lipinski definition) is 2. The van der Waals surface area contributed by atoms with Crippen LogP contribution in [0.3, 0.4) is 0 Å². The number of phenols is 1. The van der Waals surface area contributed by atoms with E-state index in [0.29, 0.717) is 23.2 Å². The molecule has 3 N–H and O–H groups in total. The number of likely N-dealkylation sites (N-methyl/N-ethyl adjacent to an activating group) is 1. The van der Waals surface area contributed by atoms with Gasteiger partial charge in [0.15, 0.2) is 6.54 Å². The lowest BCUT2D eigenvalue weighted by molar-refractivity contribution is -0.885. The average Bonchev–Trinajstić information content (AvgIpc) is 2.51. The number of para-hydroxylation sites is 1. The molecule has 0 aromatic heterocycles. The molecule has 0 aliphatic rings. The van der Waals surface area contributed by atoms with Crippen LogP contribution in [-0.4, -0.2) is 24.6 Å². The van der Waals surface area contributed by atoms with Crippen LogP contribution in [0.1, 0.15) is 36.5 Å². The van der Waals surface area contributed by atoms with Crippen molar-refractivity contribution >= 4 is 23.2 Å². The molecule has 0 saturated carbocycles. The lowest BCUT2D eigenvalue weighted by Gasteiger charge is -2.18. The summed E-state index contributed by atoms with van der Waals surface area (Å²) < 4.78 is 0. The van der Waals surface area contributed by atoms with Crippen LogP contribution >= 0.6 is 11.6 Å². The number of benzene rings is 2. The Morgan fingerprint density at radius 3 is 2.60 bits per heavy atom. The molecule has 0 aliphatic heterocycles. The van der Waals surface area contributed by atoms with Gasteiger partial charge < -0.3 is 15.3 Å². The van der Waals surface area contributed by atoms with Crippen LogP contribution < -0.4 is 10.2 Å². The molecule has 25 heavy (non-hydrogen) atoms. The van der Waals surface area contributed by atoms with Crippen molar-refractivity contribution in [3.63, 3.8) is 0 Å². The van der Waals surface area contributed by atoms with Gasteiger partial charge in [-0.15, -0.1) is 0 Å². The molecule has 1 amide bonds. The maximum atomic E-state index is 12.2. The zero-order valence-corrected chi connectivity index (χ0v) is 15.9. The van der Waals surface area contributed by atoms with Crippen LogP contribution in [0.15, 0.2) is 36.4 Å². The summed E-state index contributed by atoms with van der Waals surface area (Å²) in [6.45, 7) is 7.14. The van der Waals surface area contributed by atoms with Gasteiger partial charge >= 0.3 is 0 Å². The zero-order chi connectivity index (χ0) is 18.6. The second kappa shape index (κ2) is 8.37. The Bertz CT molecular complexity index is 759. The van der Waals surface area contributed by atoms with E-state index in [0.717, 1.165) is 16.0 Å². The van der Waals surface area contributed by atoms with Crippen LogP contribution in [0.2, 0.25) is 5.02 Å². The number of phenolic OH excluding ortho intramolecular Hbond substituents is 1. The largest absolute Gasteiger partial charge is 0.507 e. The van der Waals surface area contributed by atoms with Crippen molar-refractivity contribution < 1.29 is 14.8 Å². The number of halogens is 1. The molecule has 134 valence electrons. The summed E-state index contributed by atoms with van der Waals surface area (Å²) in [7, 11) is 1.93. The first-order chi connectivity index (χ1) is 11.8. The normalized spacial score (nSPS) is 12.2. The average molecular weight is 362 g/mol. The predicted octanol–water partition coefficient (Wildman–Crippen LogP) is 3.13. The number of hydrogen-bond donors (Lipinski definition) is 3. The van der Waals surface area contributed by atoms with Gasteiger partial charge in [-0.2, -0.15) is 0 Å². The second-order valence-electron chi connectivity index (χ2n) is 6.83. The minimum Gasteiger partial charge on any atom is -0.507 e. The molecule has 0 heterocycles. The summed E-state index contributed by atoms with van der Waals surface area (Å²) in [6.07, 6.45) is 0. The van der Waals surface area contributed by atoms with Gasteiger partial charge in [0.2, 0.25) is 0 Å². The molecule has 0 saturated heterocycles. The van der Waals surface area contributed by atoms with Gasteiger partial charge in [0, 0.05) is 5.56 Å². The minimum absolute atomic E-state index is 0.110. The van der Waals surface area contributed by atoms with Gasteiger partial charge in [-0.3, -0.25) is 4.79 Å². The number of rotatable bonds is 6. The smallest absolute Gasteiger partial charge is 0.279 e. The predicted molar refractivity (Wildman–Crippen MR) is 102 cm³/mol. The first-order valence-electron chi connectivity index (χ1n) is 8.46. The molecule has 0 bridgehead atoms. The molecule has 0 fully saturated rings. The summed E-state index contributed by atoms with van der Waals surface area (Å²) >= 11 is 6.06. The third-order valence-corrected chi connectivity index (χ3v) is 4.52. The highest BCUT2D eigenvalue weighted by Crippen LogP contribution is 2.26. The standard InChI is InChI=1S/C20H25ClN2O2/c1-13(2)16-10-15(19(24)9-14(16)3)11-23(4)12-20(25)22-18-8-6-5-7-17(18)21/h5-10,13,24H,11-12H2,1-4H3,(H,22,25)/p+1. The Kier molecular flexibility index (Phi) is 6.45. The van der Waals surface area contributed by atoms with Gasteiger partial charge in [0.1, 0.15) is 12.3 Å². The highest BCUT2D eigenvalue weighted by atomic mass is 35.5. The molecule has 0 spiro atoms. The fourth-order valence-corrected chi connectivity index (χ4v) is 3.12. The summed E-state index contributed by atoms with van der Waals surface area (Å²) in [5, 5.41) is 13.6. The van der Waals surface area contributed by atoms with E-state index in [2.05, 4.69) is 19.2 Å².